The SMILES string of the molecule is COCCCSC1CC2(CCC1N)OCCO2. The molecule has 2 N–H and O–H groups in total. The maximum absolute atomic E-state index is 6.18. The summed E-state index contributed by atoms with van der Waals surface area (Å²) in [7, 11) is 1.74. The lowest BCUT2D eigenvalue weighted by Crippen LogP contribution is -2.47. The van der Waals surface area contributed by atoms with E-state index in [1.54, 1.807) is 7.11 Å². The van der Waals surface area contributed by atoms with E-state index in [0.29, 0.717) is 5.25 Å². The van der Waals surface area contributed by atoms with Crippen molar-refractivity contribution in [3.63, 3.8) is 0 Å². The van der Waals surface area contributed by atoms with Crippen LogP contribution in [0.5, 0.6) is 0 Å². The summed E-state index contributed by atoms with van der Waals surface area (Å²) in [4.78, 5) is 0. The largest absolute Gasteiger partial charge is 0.385 e. The highest BCUT2D eigenvalue weighted by molar-refractivity contribution is 7.99. The molecule has 1 heterocycles. The number of methoxy groups -OCH3 is 1. The van der Waals surface area contributed by atoms with Gasteiger partial charge in [0.15, 0.2) is 5.79 Å². The fourth-order valence-electron chi connectivity index (χ4n) is 2.51. The molecule has 1 aliphatic heterocycles. The average molecular weight is 261 g/mol. The summed E-state index contributed by atoms with van der Waals surface area (Å²) in [5.74, 6) is 0.789. The van der Waals surface area contributed by atoms with E-state index in [-0.39, 0.29) is 11.8 Å². The van der Waals surface area contributed by atoms with Gasteiger partial charge in [-0.05, 0) is 18.6 Å². The molecular weight excluding hydrogens is 238 g/mol. The zero-order valence-corrected chi connectivity index (χ0v) is 11.3. The van der Waals surface area contributed by atoms with Crippen molar-refractivity contribution in [2.45, 2.75) is 42.8 Å². The van der Waals surface area contributed by atoms with Gasteiger partial charge in [0.1, 0.15) is 0 Å². The van der Waals surface area contributed by atoms with E-state index in [1.807, 2.05) is 11.8 Å². The number of hydrogen-bond acceptors (Lipinski definition) is 5. The molecule has 1 aliphatic carbocycles. The van der Waals surface area contributed by atoms with Crippen LogP contribution < -0.4 is 5.73 Å². The molecule has 2 rings (SSSR count). The van der Waals surface area contributed by atoms with Crippen LogP contribution in [0.4, 0.5) is 0 Å². The molecule has 2 fully saturated rings. The summed E-state index contributed by atoms with van der Waals surface area (Å²) in [6.45, 7) is 2.29. The van der Waals surface area contributed by atoms with Crippen LogP contribution in [0.15, 0.2) is 0 Å². The molecule has 1 spiro atoms. The van der Waals surface area contributed by atoms with E-state index in [2.05, 4.69) is 0 Å². The minimum atomic E-state index is -0.311. The molecule has 2 aliphatic rings. The van der Waals surface area contributed by atoms with Crippen molar-refractivity contribution < 1.29 is 14.2 Å². The van der Waals surface area contributed by atoms with Gasteiger partial charge in [0.05, 0.1) is 13.2 Å². The van der Waals surface area contributed by atoms with Gasteiger partial charge >= 0.3 is 0 Å². The van der Waals surface area contributed by atoms with E-state index in [4.69, 9.17) is 19.9 Å². The highest BCUT2D eigenvalue weighted by Crippen LogP contribution is 2.39. The lowest BCUT2D eigenvalue weighted by atomic mass is 9.90. The first-order valence-corrected chi connectivity index (χ1v) is 7.45. The molecule has 0 aromatic heterocycles. The second-order valence-corrected chi connectivity index (χ2v) is 6.12. The Hall–Kier alpha value is 0.190. The van der Waals surface area contributed by atoms with E-state index in [9.17, 15) is 0 Å². The molecule has 2 atom stereocenters. The van der Waals surface area contributed by atoms with Crippen molar-refractivity contribution in [3.8, 4) is 0 Å². The molecule has 1 saturated heterocycles. The van der Waals surface area contributed by atoms with E-state index >= 15 is 0 Å². The summed E-state index contributed by atoms with van der Waals surface area (Å²) in [6, 6.07) is 0.279. The third kappa shape index (κ3) is 3.58. The standard InChI is InChI=1S/C12H23NO3S/c1-14-5-2-8-17-11-9-12(4-3-10(11)13)15-6-7-16-12/h10-11H,2-9,13H2,1H3. The predicted octanol–water partition coefficient (Wildman–Crippen LogP) is 1.38. The molecule has 0 aromatic carbocycles. The Balaban J connectivity index is 1.78. The average Bonchev–Trinajstić information content (AvgIpc) is 2.78. The molecular formula is C12H23NO3S. The highest BCUT2D eigenvalue weighted by Gasteiger charge is 2.44. The minimum Gasteiger partial charge on any atom is -0.385 e. The number of hydrogen-bond donors (Lipinski definition) is 1. The molecule has 100 valence electrons. The molecule has 1 saturated carbocycles. The number of thioether (sulfide) groups is 1. The fraction of sp³-hybridized carbons (Fsp3) is 1.00. The van der Waals surface area contributed by atoms with Crippen molar-refractivity contribution in [2.75, 3.05) is 32.7 Å². The normalized spacial score (nSPS) is 32.1. The maximum atomic E-state index is 6.18. The fourth-order valence-corrected chi connectivity index (χ4v) is 3.85. The molecule has 5 heteroatoms. The van der Waals surface area contributed by atoms with Gasteiger partial charge in [0, 0.05) is 37.9 Å². The van der Waals surface area contributed by atoms with Gasteiger partial charge in [-0.2, -0.15) is 11.8 Å². The molecule has 0 amide bonds. The van der Waals surface area contributed by atoms with Crippen LogP contribution in [0.25, 0.3) is 0 Å². The van der Waals surface area contributed by atoms with Crippen LogP contribution in [0.1, 0.15) is 25.7 Å². The van der Waals surface area contributed by atoms with Crippen molar-refractivity contribution in [1.82, 2.24) is 0 Å². The molecule has 17 heavy (non-hydrogen) atoms. The molecule has 4 nitrogen and oxygen atoms in total. The molecule has 0 bridgehead atoms. The Kier molecular flexibility index (Phi) is 5.11. The summed E-state index contributed by atoms with van der Waals surface area (Å²) in [6.07, 6.45) is 3.97. The van der Waals surface area contributed by atoms with Crippen LogP contribution in [-0.2, 0) is 14.2 Å². The quantitative estimate of drug-likeness (QED) is 0.758. The van der Waals surface area contributed by atoms with Crippen LogP contribution in [0.2, 0.25) is 0 Å². The van der Waals surface area contributed by atoms with Gasteiger partial charge < -0.3 is 19.9 Å². The first kappa shape index (κ1) is 13.6. The first-order valence-electron chi connectivity index (χ1n) is 6.40. The van der Waals surface area contributed by atoms with Gasteiger partial charge in [0.25, 0.3) is 0 Å². The van der Waals surface area contributed by atoms with Gasteiger partial charge in [-0.1, -0.05) is 0 Å². The number of nitrogens with two attached hydrogens (primary N) is 1. The lowest BCUT2D eigenvalue weighted by Gasteiger charge is -2.39. The maximum Gasteiger partial charge on any atom is 0.169 e. The zero-order chi connectivity index (χ0) is 12.1. The third-order valence-electron chi connectivity index (χ3n) is 3.49. The number of ether oxygens (including phenoxy) is 3. The highest BCUT2D eigenvalue weighted by atomic mass is 32.2. The summed E-state index contributed by atoms with van der Waals surface area (Å²) >= 11 is 1.94. The molecule has 2 unspecified atom stereocenters. The van der Waals surface area contributed by atoms with Gasteiger partial charge in [0.2, 0.25) is 0 Å². The zero-order valence-electron chi connectivity index (χ0n) is 10.5. The predicted molar refractivity (Wildman–Crippen MR) is 69.2 cm³/mol. The van der Waals surface area contributed by atoms with Crippen LogP contribution in [0, 0.1) is 0 Å². The Morgan fingerprint density at radius 2 is 2.18 bits per heavy atom. The first-order chi connectivity index (χ1) is 8.26. The van der Waals surface area contributed by atoms with Gasteiger partial charge in [-0.3, -0.25) is 0 Å². The van der Waals surface area contributed by atoms with Crippen molar-refractivity contribution in [2.24, 2.45) is 5.73 Å². The summed E-state index contributed by atoms with van der Waals surface area (Å²) in [5.41, 5.74) is 6.18. The summed E-state index contributed by atoms with van der Waals surface area (Å²) in [5, 5.41) is 0.457. The van der Waals surface area contributed by atoms with E-state index < -0.39 is 0 Å². The Labute approximate surface area is 108 Å². The third-order valence-corrected chi connectivity index (χ3v) is 4.96. The monoisotopic (exact) mass is 261 g/mol. The molecule has 0 aromatic rings. The van der Waals surface area contributed by atoms with E-state index in [0.717, 1.165) is 51.3 Å². The lowest BCUT2D eigenvalue weighted by molar-refractivity contribution is -0.176. The Morgan fingerprint density at radius 1 is 1.41 bits per heavy atom. The van der Waals surface area contributed by atoms with E-state index in [1.165, 1.54) is 0 Å². The van der Waals surface area contributed by atoms with Gasteiger partial charge in [-0.15, -0.1) is 0 Å². The summed E-state index contributed by atoms with van der Waals surface area (Å²) < 4.78 is 16.6. The van der Waals surface area contributed by atoms with Crippen molar-refractivity contribution >= 4 is 11.8 Å². The van der Waals surface area contributed by atoms with Crippen LogP contribution in [-0.4, -0.2) is 49.8 Å². The number of rotatable bonds is 5. The van der Waals surface area contributed by atoms with Crippen molar-refractivity contribution in [3.05, 3.63) is 0 Å². The topological polar surface area (TPSA) is 53.7 Å². The Bertz CT molecular complexity index is 234. The van der Waals surface area contributed by atoms with Crippen LogP contribution >= 0.6 is 11.8 Å². The molecule has 0 radical (unpaired) electrons. The van der Waals surface area contributed by atoms with Gasteiger partial charge in [-0.25, -0.2) is 0 Å². The minimum absolute atomic E-state index is 0.279. The van der Waals surface area contributed by atoms with Crippen molar-refractivity contribution in [1.29, 1.82) is 0 Å². The second-order valence-electron chi connectivity index (χ2n) is 4.77. The Morgan fingerprint density at radius 3 is 2.88 bits per heavy atom. The van der Waals surface area contributed by atoms with Crippen LogP contribution in [0.3, 0.4) is 0 Å². The smallest absolute Gasteiger partial charge is 0.169 e. The second kappa shape index (κ2) is 6.38.